The first-order chi connectivity index (χ1) is 12.1. The summed E-state index contributed by atoms with van der Waals surface area (Å²) in [7, 11) is 1.62. The number of amides is 1. The van der Waals surface area contributed by atoms with Crippen LogP contribution in [0.15, 0.2) is 53.4 Å². The third kappa shape index (κ3) is 4.34. The van der Waals surface area contributed by atoms with E-state index in [9.17, 15) is 4.79 Å². The zero-order valence-electron chi connectivity index (χ0n) is 13.4. The minimum absolute atomic E-state index is 0.0868. The van der Waals surface area contributed by atoms with Gasteiger partial charge in [-0.15, -0.1) is 0 Å². The Bertz CT molecular complexity index is 854. The van der Waals surface area contributed by atoms with E-state index in [0.29, 0.717) is 15.9 Å². The molecule has 3 rings (SSSR count). The van der Waals surface area contributed by atoms with Gasteiger partial charge in [0, 0.05) is 3.57 Å². The number of nitrogens with one attached hydrogen (secondary N) is 1. The van der Waals surface area contributed by atoms with Gasteiger partial charge in [-0.25, -0.2) is 0 Å². The van der Waals surface area contributed by atoms with Crippen LogP contribution >= 0.6 is 46.6 Å². The van der Waals surface area contributed by atoms with E-state index in [2.05, 4.69) is 27.9 Å². The second-order valence-electron chi connectivity index (χ2n) is 5.20. The minimum atomic E-state index is -0.0868. The monoisotopic (exact) mass is 482 g/mol. The van der Waals surface area contributed by atoms with Gasteiger partial charge in [-0.3, -0.25) is 9.69 Å². The van der Waals surface area contributed by atoms with Gasteiger partial charge in [0.15, 0.2) is 0 Å². The summed E-state index contributed by atoms with van der Waals surface area (Å²) in [6, 6.07) is 15.6. The van der Waals surface area contributed by atoms with E-state index in [0.717, 1.165) is 20.6 Å². The molecule has 0 aromatic heterocycles. The van der Waals surface area contributed by atoms with Crippen LogP contribution in [0.4, 0.5) is 5.69 Å². The van der Waals surface area contributed by atoms with E-state index in [1.165, 1.54) is 11.8 Å². The molecule has 2 aromatic carbocycles. The van der Waals surface area contributed by atoms with Crippen LogP contribution in [0.1, 0.15) is 5.56 Å². The van der Waals surface area contributed by atoms with E-state index in [1.807, 2.05) is 54.6 Å². The molecule has 0 saturated carbocycles. The van der Waals surface area contributed by atoms with Crippen molar-refractivity contribution in [2.45, 2.75) is 0 Å². The number of para-hydroxylation sites is 2. The van der Waals surface area contributed by atoms with Crippen molar-refractivity contribution in [3.63, 3.8) is 0 Å². The topological polar surface area (TPSA) is 41.6 Å². The maximum absolute atomic E-state index is 12.7. The summed E-state index contributed by atoms with van der Waals surface area (Å²) < 4.78 is 6.98. The predicted molar refractivity (Wildman–Crippen MR) is 116 cm³/mol. The van der Waals surface area contributed by atoms with Crippen molar-refractivity contribution in [3.8, 4) is 5.75 Å². The van der Waals surface area contributed by atoms with Gasteiger partial charge in [0.25, 0.3) is 5.91 Å². The molecule has 0 aliphatic carbocycles. The predicted octanol–water partition coefficient (Wildman–Crippen LogP) is 4.57. The maximum Gasteiger partial charge on any atom is 0.267 e. The molecule has 0 bridgehead atoms. The molecule has 1 heterocycles. The highest BCUT2D eigenvalue weighted by atomic mass is 127. The first kappa shape index (κ1) is 18.2. The van der Waals surface area contributed by atoms with Crippen molar-refractivity contribution in [2.75, 3.05) is 19.1 Å². The van der Waals surface area contributed by atoms with E-state index in [1.54, 1.807) is 12.0 Å². The lowest BCUT2D eigenvalue weighted by molar-refractivity contribution is -0.121. The summed E-state index contributed by atoms with van der Waals surface area (Å²) in [5, 5.41) is 3.21. The molecule has 1 fully saturated rings. The smallest absolute Gasteiger partial charge is 0.267 e. The molecule has 128 valence electrons. The molecule has 25 heavy (non-hydrogen) atoms. The SMILES string of the molecule is COc1ccccc1NCN1C(=O)C(=Cc2cccc(I)c2)SC1=S. The van der Waals surface area contributed by atoms with Gasteiger partial charge in [0.05, 0.1) is 24.4 Å². The number of rotatable bonds is 5. The first-order valence-electron chi connectivity index (χ1n) is 7.46. The number of thioether (sulfide) groups is 1. The Morgan fingerprint density at radius 3 is 2.84 bits per heavy atom. The standard InChI is InChI=1S/C18H15IN2O2S2/c1-23-15-8-3-2-7-14(15)20-11-21-17(22)16(25-18(21)24)10-12-5-4-6-13(19)9-12/h2-10,20H,11H2,1H3. The fraction of sp³-hybridized carbons (Fsp3) is 0.111. The normalized spacial score (nSPS) is 15.8. The number of methoxy groups -OCH3 is 1. The third-order valence-corrected chi connectivity index (χ3v) is 5.60. The Kier molecular flexibility index (Phi) is 5.98. The van der Waals surface area contributed by atoms with E-state index < -0.39 is 0 Å². The van der Waals surface area contributed by atoms with Gasteiger partial charge in [-0.1, -0.05) is 48.2 Å². The highest BCUT2D eigenvalue weighted by molar-refractivity contribution is 14.1. The lowest BCUT2D eigenvalue weighted by atomic mass is 10.2. The Hall–Kier alpha value is -1.58. The average Bonchev–Trinajstić information content (AvgIpc) is 2.87. The van der Waals surface area contributed by atoms with Gasteiger partial charge in [0.2, 0.25) is 0 Å². The van der Waals surface area contributed by atoms with Crippen molar-refractivity contribution in [1.82, 2.24) is 4.90 Å². The number of carbonyl (C=O) groups excluding carboxylic acids is 1. The van der Waals surface area contributed by atoms with E-state index in [-0.39, 0.29) is 5.91 Å². The molecule has 1 aliphatic rings. The fourth-order valence-electron chi connectivity index (χ4n) is 2.34. The second kappa shape index (κ2) is 8.20. The Balaban J connectivity index is 1.73. The zero-order chi connectivity index (χ0) is 17.8. The highest BCUT2D eigenvalue weighted by Crippen LogP contribution is 2.33. The van der Waals surface area contributed by atoms with Gasteiger partial charge in [0.1, 0.15) is 10.1 Å². The Labute approximate surface area is 169 Å². The summed E-state index contributed by atoms with van der Waals surface area (Å²) in [6.45, 7) is 0.300. The van der Waals surface area contributed by atoms with Crippen LogP contribution in [0.25, 0.3) is 6.08 Å². The molecular formula is C18H15IN2O2S2. The van der Waals surface area contributed by atoms with Crippen molar-refractivity contribution < 1.29 is 9.53 Å². The average molecular weight is 482 g/mol. The molecule has 0 spiro atoms. The van der Waals surface area contributed by atoms with Crippen LogP contribution in [0.2, 0.25) is 0 Å². The van der Waals surface area contributed by atoms with E-state index >= 15 is 0 Å². The Morgan fingerprint density at radius 2 is 2.08 bits per heavy atom. The summed E-state index contributed by atoms with van der Waals surface area (Å²) in [4.78, 5) is 14.9. The molecular weight excluding hydrogens is 467 g/mol. The number of benzene rings is 2. The molecule has 0 radical (unpaired) electrons. The van der Waals surface area contributed by atoms with Crippen LogP contribution in [-0.4, -0.2) is 28.9 Å². The second-order valence-corrected chi connectivity index (χ2v) is 8.12. The molecule has 0 unspecified atom stereocenters. The van der Waals surface area contributed by atoms with Crippen molar-refractivity contribution in [2.24, 2.45) is 0 Å². The van der Waals surface area contributed by atoms with Crippen molar-refractivity contribution >= 4 is 68.6 Å². The van der Waals surface area contributed by atoms with Crippen LogP contribution < -0.4 is 10.1 Å². The summed E-state index contributed by atoms with van der Waals surface area (Å²) >= 11 is 8.94. The molecule has 1 saturated heterocycles. The largest absolute Gasteiger partial charge is 0.495 e. The number of hydrogen-bond donors (Lipinski definition) is 1. The van der Waals surface area contributed by atoms with Crippen LogP contribution in [0, 0.1) is 3.57 Å². The number of carbonyl (C=O) groups is 1. The summed E-state index contributed by atoms with van der Waals surface area (Å²) in [6.07, 6.45) is 1.88. The summed E-state index contributed by atoms with van der Waals surface area (Å²) in [5.41, 5.74) is 1.81. The zero-order valence-corrected chi connectivity index (χ0v) is 17.2. The highest BCUT2D eigenvalue weighted by Gasteiger charge is 2.31. The van der Waals surface area contributed by atoms with Crippen LogP contribution in [0.3, 0.4) is 0 Å². The van der Waals surface area contributed by atoms with Gasteiger partial charge in [-0.05, 0) is 58.5 Å². The number of nitrogens with zero attached hydrogens (tertiary/aromatic N) is 1. The first-order valence-corrected chi connectivity index (χ1v) is 9.76. The van der Waals surface area contributed by atoms with Crippen LogP contribution in [0.5, 0.6) is 5.75 Å². The molecule has 1 N–H and O–H groups in total. The quantitative estimate of drug-likeness (QED) is 0.384. The third-order valence-electron chi connectivity index (χ3n) is 3.55. The number of anilines is 1. The lowest BCUT2D eigenvalue weighted by Gasteiger charge is -2.17. The van der Waals surface area contributed by atoms with E-state index in [4.69, 9.17) is 17.0 Å². The number of ether oxygens (including phenoxy) is 1. The van der Waals surface area contributed by atoms with Crippen molar-refractivity contribution in [3.05, 3.63) is 62.6 Å². The maximum atomic E-state index is 12.7. The molecule has 1 amide bonds. The van der Waals surface area contributed by atoms with Gasteiger partial charge < -0.3 is 10.1 Å². The number of thiocarbonyl (C=S) groups is 1. The van der Waals surface area contributed by atoms with Gasteiger partial charge in [-0.2, -0.15) is 0 Å². The lowest BCUT2D eigenvalue weighted by Crippen LogP contribution is -2.33. The van der Waals surface area contributed by atoms with Gasteiger partial charge >= 0.3 is 0 Å². The molecule has 7 heteroatoms. The fourth-order valence-corrected chi connectivity index (χ4v) is 4.16. The number of halogens is 1. The molecule has 1 aliphatic heterocycles. The molecule has 0 atom stereocenters. The number of hydrogen-bond acceptors (Lipinski definition) is 5. The molecule has 4 nitrogen and oxygen atoms in total. The molecule has 2 aromatic rings. The van der Waals surface area contributed by atoms with Crippen LogP contribution in [-0.2, 0) is 4.79 Å². The minimum Gasteiger partial charge on any atom is -0.495 e. The van der Waals surface area contributed by atoms with Crippen molar-refractivity contribution in [1.29, 1.82) is 0 Å². The summed E-state index contributed by atoms with van der Waals surface area (Å²) in [5.74, 6) is 0.638. The Morgan fingerprint density at radius 1 is 1.28 bits per heavy atom.